The number of halogens is 9. The van der Waals surface area contributed by atoms with Gasteiger partial charge in [-0.2, -0.15) is 39.5 Å². The Kier molecular flexibility index (Phi) is 5.67. The maximum atomic E-state index is 13.2. The van der Waals surface area contributed by atoms with E-state index in [0.29, 0.717) is 6.92 Å². The van der Waals surface area contributed by atoms with Crippen molar-refractivity contribution in [2.45, 2.75) is 37.2 Å². The molecule has 142 valence electrons. The molecule has 1 aromatic carbocycles. The summed E-state index contributed by atoms with van der Waals surface area (Å²) < 4.78 is 117. The fourth-order valence-corrected chi connectivity index (χ4v) is 1.48. The molecule has 25 heavy (non-hydrogen) atoms. The van der Waals surface area contributed by atoms with Crippen LogP contribution in [0.3, 0.4) is 0 Å². The Morgan fingerprint density at radius 2 is 1.40 bits per heavy atom. The molecule has 1 N–H and O–H groups in total. The first kappa shape index (κ1) is 21.1. The van der Waals surface area contributed by atoms with Crippen molar-refractivity contribution < 1.29 is 49.0 Å². The van der Waals surface area contributed by atoms with Crippen molar-refractivity contribution in [3.8, 4) is 0 Å². The van der Waals surface area contributed by atoms with Crippen LogP contribution < -0.4 is 5.32 Å². The summed E-state index contributed by atoms with van der Waals surface area (Å²) in [5, 5.41) is 1.93. The number of carbonyl (C=O) groups is 1. The Labute approximate surface area is 134 Å². The number of hydrogen-bond acceptors (Lipinski definition) is 2. The highest BCUT2D eigenvalue weighted by Gasteiger charge is 2.83. The highest BCUT2D eigenvalue weighted by atomic mass is 19.4. The highest BCUT2D eigenvalue weighted by Crippen LogP contribution is 2.53. The largest absolute Gasteiger partial charge is 0.460 e. The molecule has 3 nitrogen and oxygen atoms in total. The molecule has 1 aromatic rings. The lowest BCUT2D eigenvalue weighted by molar-refractivity contribution is -0.446. The fourth-order valence-electron chi connectivity index (χ4n) is 1.48. The fraction of sp³-hybridized carbons (Fsp3) is 0.462. The summed E-state index contributed by atoms with van der Waals surface area (Å²) in [6.07, 6.45) is -15.7. The topological polar surface area (TPSA) is 38.3 Å². The van der Waals surface area contributed by atoms with Crippen molar-refractivity contribution in [3.05, 3.63) is 30.3 Å². The molecule has 0 heterocycles. The molecule has 12 heteroatoms. The maximum Gasteiger partial charge on any atom is 0.460 e. The minimum Gasteiger partial charge on any atom is -0.324 e. The summed E-state index contributed by atoms with van der Waals surface area (Å²) in [7, 11) is 0. The van der Waals surface area contributed by atoms with Crippen molar-refractivity contribution in [2.24, 2.45) is 0 Å². The molecule has 0 saturated carbocycles. The average Bonchev–Trinajstić information content (AvgIpc) is 2.46. The summed E-state index contributed by atoms with van der Waals surface area (Å²) in [5.74, 6) is -15.5. The maximum absolute atomic E-state index is 13.2. The first-order valence-corrected chi connectivity index (χ1v) is 6.37. The molecule has 0 saturated heterocycles. The Balaban J connectivity index is 2.93. The molecule has 0 aliphatic carbocycles. The molecular formula is C13H10F9NO2. The quantitative estimate of drug-likeness (QED) is 0.737. The van der Waals surface area contributed by atoms with Crippen molar-refractivity contribution in [2.75, 3.05) is 5.32 Å². The van der Waals surface area contributed by atoms with Crippen LogP contribution in [0.2, 0.25) is 0 Å². The van der Waals surface area contributed by atoms with Gasteiger partial charge < -0.3 is 10.1 Å². The molecule has 0 bridgehead atoms. The van der Waals surface area contributed by atoms with E-state index in [4.69, 9.17) is 0 Å². The molecule has 0 aliphatic rings. The zero-order valence-electron chi connectivity index (χ0n) is 12.2. The minimum atomic E-state index is -7.08. The number of nitrogens with one attached hydrogen (secondary N) is 1. The van der Waals surface area contributed by atoms with Crippen LogP contribution in [-0.4, -0.2) is 36.1 Å². The van der Waals surface area contributed by atoms with Crippen LogP contribution in [0.15, 0.2) is 30.3 Å². The van der Waals surface area contributed by atoms with E-state index in [1.165, 1.54) is 30.3 Å². The third kappa shape index (κ3) is 4.17. The first-order valence-electron chi connectivity index (χ1n) is 6.37. The average molecular weight is 383 g/mol. The number of amides is 1. The Morgan fingerprint density at radius 1 is 0.920 bits per heavy atom. The third-order valence-electron chi connectivity index (χ3n) is 2.85. The number of rotatable bonds is 6. The van der Waals surface area contributed by atoms with Crippen molar-refractivity contribution in [1.82, 2.24) is 0 Å². The lowest BCUT2D eigenvalue weighted by atomic mass is 10.1. The van der Waals surface area contributed by atoms with E-state index in [0.717, 1.165) is 0 Å². The number of anilines is 1. The predicted molar refractivity (Wildman–Crippen MR) is 66.5 cm³/mol. The highest BCUT2D eigenvalue weighted by molar-refractivity contribution is 5.93. The molecule has 0 aromatic heterocycles. The smallest absolute Gasteiger partial charge is 0.324 e. The number of ether oxygens (including phenoxy) is 1. The van der Waals surface area contributed by atoms with Gasteiger partial charge >= 0.3 is 24.1 Å². The van der Waals surface area contributed by atoms with E-state index in [-0.39, 0.29) is 5.69 Å². The number of carbonyl (C=O) groups excluding carboxylic acids is 1. The van der Waals surface area contributed by atoms with Gasteiger partial charge in [-0.1, -0.05) is 18.2 Å². The number of benzene rings is 1. The van der Waals surface area contributed by atoms with Gasteiger partial charge in [-0.3, -0.25) is 4.79 Å². The summed E-state index contributed by atoms with van der Waals surface area (Å²) in [5.41, 5.74) is 0.0265. The van der Waals surface area contributed by atoms with Gasteiger partial charge in [-0.25, -0.2) is 0 Å². The van der Waals surface area contributed by atoms with Gasteiger partial charge in [0.1, 0.15) is 6.10 Å². The SMILES string of the molecule is CC(OC(F)(F)C(F)(F)C(F)(F)C(F)(F)F)C(=O)Nc1ccccc1. The van der Waals surface area contributed by atoms with E-state index in [1.807, 2.05) is 5.32 Å². The van der Waals surface area contributed by atoms with Crippen LogP contribution in [0.4, 0.5) is 45.2 Å². The number of hydrogen-bond donors (Lipinski definition) is 1. The van der Waals surface area contributed by atoms with Gasteiger partial charge in [0.05, 0.1) is 0 Å². The molecule has 0 radical (unpaired) electrons. The standard InChI is InChI=1S/C13H10F9NO2/c1-7(9(24)23-8-5-3-2-4-6-8)25-13(21,22)11(16,17)10(14,15)12(18,19)20/h2-7H,1H3,(H,23,24). The molecule has 1 rings (SSSR count). The van der Waals surface area contributed by atoms with E-state index in [9.17, 15) is 44.3 Å². The lowest BCUT2D eigenvalue weighted by Crippen LogP contribution is -2.62. The summed E-state index contributed by atoms with van der Waals surface area (Å²) in [6, 6.07) is 6.88. The second-order valence-corrected chi connectivity index (χ2v) is 4.78. The summed E-state index contributed by atoms with van der Waals surface area (Å²) in [4.78, 5) is 11.5. The third-order valence-corrected chi connectivity index (χ3v) is 2.85. The van der Waals surface area contributed by atoms with Crippen molar-refractivity contribution >= 4 is 11.6 Å². The molecule has 1 unspecified atom stereocenters. The minimum absolute atomic E-state index is 0.0265. The monoisotopic (exact) mass is 383 g/mol. The Hall–Kier alpha value is -1.98. The van der Waals surface area contributed by atoms with Crippen LogP contribution in [0.25, 0.3) is 0 Å². The number of para-hydroxylation sites is 1. The molecular weight excluding hydrogens is 373 g/mol. The Bertz CT molecular complexity index is 601. The first-order chi connectivity index (χ1) is 11.1. The summed E-state index contributed by atoms with van der Waals surface area (Å²) >= 11 is 0. The van der Waals surface area contributed by atoms with Crippen LogP contribution >= 0.6 is 0 Å². The van der Waals surface area contributed by atoms with Gasteiger partial charge in [0.25, 0.3) is 5.91 Å². The van der Waals surface area contributed by atoms with Crippen molar-refractivity contribution in [1.29, 1.82) is 0 Å². The van der Waals surface area contributed by atoms with Crippen LogP contribution in [-0.2, 0) is 9.53 Å². The zero-order valence-corrected chi connectivity index (χ0v) is 12.2. The van der Waals surface area contributed by atoms with E-state index >= 15 is 0 Å². The van der Waals surface area contributed by atoms with Gasteiger partial charge in [0.15, 0.2) is 0 Å². The second kappa shape index (κ2) is 6.73. The number of alkyl halides is 9. The van der Waals surface area contributed by atoms with Crippen molar-refractivity contribution in [3.63, 3.8) is 0 Å². The molecule has 1 atom stereocenters. The predicted octanol–water partition coefficient (Wildman–Crippen LogP) is 4.46. The van der Waals surface area contributed by atoms with E-state index < -0.39 is 36.1 Å². The van der Waals surface area contributed by atoms with Gasteiger partial charge in [0.2, 0.25) is 0 Å². The Morgan fingerprint density at radius 3 is 1.84 bits per heavy atom. The molecule has 1 amide bonds. The van der Waals surface area contributed by atoms with Crippen LogP contribution in [0.1, 0.15) is 6.92 Å². The molecule has 0 aliphatic heterocycles. The lowest BCUT2D eigenvalue weighted by Gasteiger charge is -2.34. The second-order valence-electron chi connectivity index (χ2n) is 4.78. The van der Waals surface area contributed by atoms with E-state index in [1.54, 1.807) is 0 Å². The van der Waals surface area contributed by atoms with Gasteiger partial charge in [-0.05, 0) is 19.1 Å². The van der Waals surface area contributed by atoms with Crippen LogP contribution in [0.5, 0.6) is 0 Å². The van der Waals surface area contributed by atoms with Gasteiger partial charge in [0, 0.05) is 5.69 Å². The summed E-state index contributed by atoms with van der Waals surface area (Å²) in [6.45, 7) is 0.480. The molecule has 0 fully saturated rings. The zero-order chi connectivity index (χ0) is 19.7. The normalized spacial score (nSPS) is 15.0. The van der Waals surface area contributed by atoms with E-state index in [2.05, 4.69) is 4.74 Å². The molecule has 0 spiro atoms. The van der Waals surface area contributed by atoms with Gasteiger partial charge in [-0.15, -0.1) is 0 Å². The van der Waals surface area contributed by atoms with Crippen LogP contribution in [0, 0.1) is 0 Å².